The zero-order valence-electron chi connectivity index (χ0n) is 4.65. The van der Waals surface area contributed by atoms with E-state index in [4.69, 9.17) is 5.84 Å². The molecule has 42 valence electrons. The molecule has 0 spiro atoms. The van der Waals surface area contributed by atoms with Gasteiger partial charge in [0.15, 0.2) is 0 Å². The molecule has 1 fully saturated rings. The standard InChI is InChI=1S/C5H12N2/c1-4(7-6)5-2-3-5/h4-5,7H,2-3,6H2,1H3/t4-/m0/s1. The average molecular weight is 100 g/mol. The second-order valence-electron chi connectivity index (χ2n) is 2.29. The van der Waals surface area contributed by atoms with Crippen LogP contribution in [0.4, 0.5) is 0 Å². The Labute approximate surface area is 44.1 Å². The van der Waals surface area contributed by atoms with Crippen molar-refractivity contribution in [2.24, 2.45) is 11.8 Å². The third-order valence-electron chi connectivity index (χ3n) is 1.59. The molecule has 2 heteroatoms. The van der Waals surface area contributed by atoms with E-state index in [-0.39, 0.29) is 0 Å². The Hall–Kier alpha value is -0.0800. The highest BCUT2D eigenvalue weighted by atomic mass is 15.2. The van der Waals surface area contributed by atoms with Crippen LogP contribution in [0.1, 0.15) is 19.8 Å². The number of hydrogen-bond donors (Lipinski definition) is 2. The number of nitrogens with one attached hydrogen (secondary N) is 1. The lowest BCUT2D eigenvalue weighted by Crippen LogP contribution is -2.33. The molecule has 2 nitrogen and oxygen atoms in total. The molecular formula is C5H12N2. The second-order valence-corrected chi connectivity index (χ2v) is 2.29. The molecule has 0 aromatic rings. The second kappa shape index (κ2) is 1.80. The monoisotopic (exact) mass is 100 g/mol. The van der Waals surface area contributed by atoms with Crippen LogP contribution >= 0.6 is 0 Å². The Morgan fingerprint density at radius 3 is 2.43 bits per heavy atom. The summed E-state index contributed by atoms with van der Waals surface area (Å²) < 4.78 is 0. The van der Waals surface area contributed by atoms with Gasteiger partial charge in [-0.1, -0.05) is 0 Å². The van der Waals surface area contributed by atoms with Gasteiger partial charge in [-0.3, -0.25) is 11.3 Å². The Morgan fingerprint density at radius 1 is 1.71 bits per heavy atom. The lowest BCUT2D eigenvalue weighted by Gasteiger charge is -2.04. The van der Waals surface area contributed by atoms with Crippen LogP contribution in [0.2, 0.25) is 0 Å². The van der Waals surface area contributed by atoms with Gasteiger partial charge in [0.25, 0.3) is 0 Å². The van der Waals surface area contributed by atoms with E-state index >= 15 is 0 Å². The van der Waals surface area contributed by atoms with Crippen molar-refractivity contribution < 1.29 is 0 Å². The van der Waals surface area contributed by atoms with Crippen LogP contribution in [0.15, 0.2) is 0 Å². The first-order chi connectivity index (χ1) is 3.34. The third-order valence-corrected chi connectivity index (χ3v) is 1.59. The minimum absolute atomic E-state index is 0.542. The minimum Gasteiger partial charge on any atom is -0.271 e. The van der Waals surface area contributed by atoms with Crippen molar-refractivity contribution in [1.29, 1.82) is 0 Å². The van der Waals surface area contributed by atoms with Crippen molar-refractivity contribution in [3.8, 4) is 0 Å². The minimum atomic E-state index is 0.542. The van der Waals surface area contributed by atoms with Gasteiger partial charge in [0.1, 0.15) is 0 Å². The van der Waals surface area contributed by atoms with Gasteiger partial charge in [0.05, 0.1) is 0 Å². The fourth-order valence-corrected chi connectivity index (χ4v) is 0.732. The molecule has 0 aromatic carbocycles. The molecule has 0 aromatic heterocycles. The first-order valence-electron chi connectivity index (χ1n) is 2.80. The van der Waals surface area contributed by atoms with Crippen LogP contribution in [0.3, 0.4) is 0 Å². The number of nitrogens with two attached hydrogens (primary N) is 1. The molecule has 0 unspecified atom stereocenters. The van der Waals surface area contributed by atoms with E-state index in [1.807, 2.05) is 0 Å². The first kappa shape index (κ1) is 5.06. The van der Waals surface area contributed by atoms with E-state index in [0.717, 1.165) is 5.92 Å². The predicted octanol–water partition coefficient (Wildman–Crippen LogP) is 0.248. The average Bonchev–Trinajstić information content (AvgIpc) is 2.44. The molecule has 0 radical (unpaired) electrons. The molecule has 1 atom stereocenters. The fraction of sp³-hybridized carbons (Fsp3) is 1.00. The zero-order chi connectivity index (χ0) is 5.28. The summed E-state index contributed by atoms with van der Waals surface area (Å²) in [6.45, 7) is 2.12. The van der Waals surface area contributed by atoms with Crippen LogP contribution < -0.4 is 11.3 Å². The van der Waals surface area contributed by atoms with Gasteiger partial charge in [-0.05, 0) is 25.7 Å². The molecule has 0 amide bonds. The lowest BCUT2D eigenvalue weighted by molar-refractivity contribution is 0.513. The topological polar surface area (TPSA) is 38.0 Å². The van der Waals surface area contributed by atoms with E-state index in [1.165, 1.54) is 12.8 Å². The van der Waals surface area contributed by atoms with Crippen molar-refractivity contribution >= 4 is 0 Å². The smallest absolute Gasteiger partial charge is 0.0210 e. The molecule has 0 saturated heterocycles. The summed E-state index contributed by atoms with van der Waals surface area (Å²) in [5, 5.41) is 0. The fourth-order valence-electron chi connectivity index (χ4n) is 0.732. The molecular weight excluding hydrogens is 88.1 g/mol. The Balaban J connectivity index is 2.10. The van der Waals surface area contributed by atoms with Gasteiger partial charge >= 0.3 is 0 Å². The molecule has 0 aliphatic heterocycles. The Morgan fingerprint density at radius 2 is 2.29 bits per heavy atom. The highest BCUT2D eigenvalue weighted by Crippen LogP contribution is 2.31. The van der Waals surface area contributed by atoms with Crippen molar-refractivity contribution in [3.63, 3.8) is 0 Å². The van der Waals surface area contributed by atoms with Gasteiger partial charge in [-0.15, -0.1) is 0 Å². The molecule has 7 heavy (non-hydrogen) atoms. The van der Waals surface area contributed by atoms with Gasteiger partial charge in [0.2, 0.25) is 0 Å². The SMILES string of the molecule is C[C@H](NN)C1CC1. The molecule has 0 bridgehead atoms. The molecule has 1 rings (SSSR count). The number of hydrogen-bond acceptors (Lipinski definition) is 2. The number of rotatable bonds is 2. The summed E-state index contributed by atoms with van der Waals surface area (Å²) in [7, 11) is 0. The van der Waals surface area contributed by atoms with Gasteiger partial charge in [0, 0.05) is 6.04 Å². The molecule has 1 aliphatic carbocycles. The summed E-state index contributed by atoms with van der Waals surface area (Å²) >= 11 is 0. The summed E-state index contributed by atoms with van der Waals surface area (Å²) in [6, 6.07) is 0.542. The van der Waals surface area contributed by atoms with Crippen LogP contribution in [0.25, 0.3) is 0 Å². The van der Waals surface area contributed by atoms with Gasteiger partial charge in [-0.2, -0.15) is 0 Å². The summed E-state index contributed by atoms with van der Waals surface area (Å²) in [4.78, 5) is 0. The summed E-state index contributed by atoms with van der Waals surface area (Å²) in [6.07, 6.45) is 2.73. The van der Waals surface area contributed by atoms with Crippen LogP contribution in [0, 0.1) is 5.92 Å². The van der Waals surface area contributed by atoms with Gasteiger partial charge < -0.3 is 0 Å². The maximum Gasteiger partial charge on any atom is 0.0210 e. The van der Waals surface area contributed by atoms with Crippen molar-refractivity contribution in [2.75, 3.05) is 0 Å². The first-order valence-corrected chi connectivity index (χ1v) is 2.80. The molecule has 1 saturated carbocycles. The molecule has 0 heterocycles. The summed E-state index contributed by atoms with van der Waals surface area (Å²) in [5.41, 5.74) is 2.73. The Bertz CT molecular complexity index is 59.1. The van der Waals surface area contributed by atoms with E-state index in [9.17, 15) is 0 Å². The van der Waals surface area contributed by atoms with Gasteiger partial charge in [-0.25, -0.2) is 0 Å². The van der Waals surface area contributed by atoms with Crippen molar-refractivity contribution in [3.05, 3.63) is 0 Å². The molecule has 1 aliphatic rings. The summed E-state index contributed by atoms with van der Waals surface area (Å²) in [5.74, 6) is 6.04. The van der Waals surface area contributed by atoms with E-state index in [1.54, 1.807) is 0 Å². The van der Waals surface area contributed by atoms with Crippen LogP contribution in [0.5, 0.6) is 0 Å². The normalized spacial score (nSPS) is 24.9. The highest BCUT2D eigenvalue weighted by molar-refractivity contribution is 4.81. The van der Waals surface area contributed by atoms with Crippen LogP contribution in [-0.2, 0) is 0 Å². The Kier molecular flexibility index (Phi) is 1.30. The number of hydrazine groups is 1. The zero-order valence-corrected chi connectivity index (χ0v) is 4.65. The lowest BCUT2D eigenvalue weighted by atomic mass is 10.2. The van der Waals surface area contributed by atoms with Crippen molar-refractivity contribution in [1.82, 2.24) is 5.43 Å². The van der Waals surface area contributed by atoms with E-state index in [2.05, 4.69) is 12.3 Å². The molecule has 3 N–H and O–H groups in total. The van der Waals surface area contributed by atoms with Crippen molar-refractivity contribution in [2.45, 2.75) is 25.8 Å². The highest BCUT2D eigenvalue weighted by Gasteiger charge is 2.26. The quantitative estimate of drug-likeness (QED) is 0.385. The maximum atomic E-state index is 5.16. The van der Waals surface area contributed by atoms with E-state index < -0.39 is 0 Å². The van der Waals surface area contributed by atoms with Crippen LogP contribution in [-0.4, -0.2) is 6.04 Å². The van der Waals surface area contributed by atoms with E-state index in [0.29, 0.717) is 6.04 Å². The maximum absolute atomic E-state index is 5.16. The predicted molar refractivity (Wildman–Crippen MR) is 29.5 cm³/mol. The largest absolute Gasteiger partial charge is 0.271 e. The third kappa shape index (κ3) is 1.14.